The molecule has 4 rings (SSSR count). The average Bonchev–Trinajstić information content (AvgIpc) is 2.75. The molecule has 0 unspecified atom stereocenters. The summed E-state index contributed by atoms with van der Waals surface area (Å²) in [5.41, 5.74) is -0.794. The van der Waals surface area contributed by atoms with Crippen molar-refractivity contribution in [2.45, 2.75) is 24.3 Å². The molecule has 1 aliphatic carbocycles. The lowest BCUT2D eigenvalue weighted by atomic mass is 9.62. The lowest BCUT2D eigenvalue weighted by Crippen LogP contribution is -2.55. The second kappa shape index (κ2) is 6.81. The van der Waals surface area contributed by atoms with E-state index in [1.165, 1.54) is 20.1 Å². The van der Waals surface area contributed by atoms with Crippen LogP contribution in [0.1, 0.15) is 40.2 Å². The summed E-state index contributed by atoms with van der Waals surface area (Å²) in [4.78, 5) is 37.8. The van der Waals surface area contributed by atoms with Crippen LogP contribution in [-0.2, 0) is 9.53 Å². The molecule has 0 amide bonds. The molecular weight excluding hydrogens is 370 g/mol. The fourth-order valence-electron chi connectivity index (χ4n) is 4.40. The average molecular weight is 389 g/mol. The van der Waals surface area contributed by atoms with Crippen molar-refractivity contribution in [2.24, 2.45) is 0 Å². The Hall–Kier alpha value is -3.54. The molecule has 6 nitrogen and oxygen atoms in total. The number of rotatable bonds is 3. The molecule has 3 aromatic carbocycles. The number of ether oxygens (including phenoxy) is 1. The standard InChI is InChI=1S/C23H19NO5/c1-23(24(27)28)20(16-12-11-14-7-3-4-8-15(14)13-16)19(22(26)29-2)17-9-5-6-10-18(17)21(23)25/h3-13,19-20H,1-2H3/t19-,20-,23+/m1/s1. The van der Waals surface area contributed by atoms with Crippen LogP contribution in [0.15, 0.2) is 66.7 Å². The molecule has 0 N–H and O–H groups in total. The number of Topliss-reactive ketones (excluding diaryl/α,β-unsaturated/α-hetero) is 1. The molecule has 29 heavy (non-hydrogen) atoms. The van der Waals surface area contributed by atoms with Crippen molar-refractivity contribution in [1.29, 1.82) is 0 Å². The molecular formula is C23H19NO5. The smallest absolute Gasteiger partial charge is 0.314 e. The Balaban J connectivity index is 2.04. The summed E-state index contributed by atoms with van der Waals surface area (Å²) in [6.07, 6.45) is 0. The molecule has 0 fully saturated rings. The van der Waals surface area contributed by atoms with Gasteiger partial charge in [-0.2, -0.15) is 0 Å². The predicted molar refractivity (Wildman–Crippen MR) is 108 cm³/mol. The molecule has 0 spiro atoms. The zero-order valence-electron chi connectivity index (χ0n) is 16.0. The van der Waals surface area contributed by atoms with Gasteiger partial charge >= 0.3 is 5.97 Å². The van der Waals surface area contributed by atoms with Crippen molar-refractivity contribution in [3.8, 4) is 0 Å². The molecule has 3 aromatic rings. The molecule has 0 bridgehead atoms. The third kappa shape index (κ3) is 2.71. The maximum absolute atomic E-state index is 13.3. The maximum atomic E-state index is 13.3. The fourth-order valence-corrected chi connectivity index (χ4v) is 4.40. The first-order chi connectivity index (χ1) is 13.9. The van der Waals surface area contributed by atoms with Gasteiger partial charge in [-0.3, -0.25) is 19.7 Å². The zero-order valence-corrected chi connectivity index (χ0v) is 16.0. The van der Waals surface area contributed by atoms with Gasteiger partial charge in [0.1, 0.15) is 0 Å². The largest absolute Gasteiger partial charge is 0.469 e. The van der Waals surface area contributed by atoms with Gasteiger partial charge < -0.3 is 4.74 Å². The summed E-state index contributed by atoms with van der Waals surface area (Å²) in [6.45, 7) is 1.31. The fraction of sp³-hybridized carbons (Fsp3) is 0.217. The van der Waals surface area contributed by atoms with Crippen molar-refractivity contribution < 1.29 is 19.2 Å². The predicted octanol–water partition coefficient (Wildman–Crippen LogP) is 4.11. The molecule has 6 heteroatoms. The van der Waals surface area contributed by atoms with Crippen molar-refractivity contribution in [3.05, 3.63) is 93.5 Å². The number of methoxy groups -OCH3 is 1. The first-order valence-corrected chi connectivity index (χ1v) is 9.24. The Morgan fingerprint density at radius 1 is 1.03 bits per heavy atom. The van der Waals surface area contributed by atoms with Crippen LogP contribution >= 0.6 is 0 Å². The van der Waals surface area contributed by atoms with E-state index < -0.39 is 34.1 Å². The van der Waals surface area contributed by atoms with Crippen molar-refractivity contribution in [1.82, 2.24) is 0 Å². The highest BCUT2D eigenvalue weighted by molar-refractivity contribution is 6.08. The van der Waals surface area contributed by atoms with E-state index >= 15 is 0 Å². The van der Waals surface area contributed by atoms with Gasteiger partial charge in [-0.05, 0) is 21.9 Å². The van der Waals surface area contributed by atoms with E-state index in [-0.39, 0.29) is 5.56 Å². The highest BCUT2D eigenvalue weighted by atomic mass is 16.6. The molecule has 0 saturated heterocycles. The molecule has 0 aromatic heterocycles. The number of esters is 1. The van der Waals surface area contributed by atoms with Crippen molar-refractivity contribution >= 4 is 22.5 Å². The normalized spacial score (nSPS) is 23.4. The molecule has 0 saturated carbocycles. The second-order valence-electron chi connectivity index (χ2n) is 7.41. The van der Waals surface area contributed by atoms with Gasteiger partial charge in [0.05, 0.1) is 18.9 Å². The maximum Gasteiger partial charge on any atom is 0.314 e. The van der Waals surface area contributed by atoms with E-state index in [0.717, 1.165) is 10.8 Å². The van der Waals surface area contributed by atoms with E-state index in [1.54, 1.807) is 24.3 Å². The van der Waals surface area contributed by atoms with Crippen LogP contribution in [0.2, 0.25) is 0 Å². The van der Waals surface area contributed by atoms with Crippen LogP contribution in [0, 0.1) is 10.1 Å². The minimum atomic E-state index is -2.00. The SMILES string of the molecule is COC(=O)[C@@H]1c2ccccc2C(=O)[C@@](C)([N+](=O)[O-])[C@@H]1c1ccc2ccccc2c1. The Morgan fingerprint density at radius 3 is 2.38 bits per heavy atom. The third-order valence-corrected chi connectivity index (χ3v) is 5.91. The van der Waals surface area contributed by atoms with E-state index in [0.29, 0.717) is 11.1 Å². The third-order valence-electron chi connectivity index (χ3n) is 5.91. The van der Waals surface area contributed by atoms with Gasteiger partial charge in [-0.25, -0.2) is 0 Å². The number of hydrogen-bond donors (Lipinski definition) is 0. The monoisotopic (exact) mass is 389 g/mol. The highest BCUT2D eigenvalue weighted by Crippen LogP contribution is 2.50. The first kappa shape index (κ1) is 18.8. The number of nitrogens with zero attached hydrogens (tertiary/aromatic N) is 1. The minimum absolute atomic E-state index is 0.194. The van der Waals surface area contributed by atoms with Crippen LogP contribution in [0.25, 0.3) is 10.8 Å². The second-order valence-corrected chi connectivity index (χ2v) is 7.41. The molecule has 3 atom stereocenters. The highest BCUT2D eigenvalue weighted by Gasteiger charge is 2.62. The van der Waals surface area contributed by atoms with E-state index in [1.807, 2.05) is 36.4 Å². The lowest BCUT2D eigenvalue weighted by molar-refractivity contribution is -0.551. The Labute approximate surface area is 167 Å². The summed E-state index contributed by atoms with van der Waals surface area (Å²) < 4.78 is 5.02. The van der Waals surface area contributed by atoms with Crippen molar-refractivity contribution in [2.75, 3.05) is 7.11 Å². The van der Waals surface area contributed by atoms with Gasteiger partial charge in [0.25, 0.3) is 5.54 Å². The zero-order chi connectivity index (χ0) is 20.8. The molecule has 0 heterocycles. The van der Waals surface area contributed by atoms with Gasteiger partial charge in [0.15, 0.2) is 0 Å². The summed E-state index contributed by atoms with van der Waals surface area (Å²) >= 11 is 0. The lowest BCUT2D eigenvalue weighted by Gasteiger charge is -2.38. The van der Waals surface area contributed by atoms with Crippen LogP contribution in [0.4, 0.5) is 0 Å². The summed E-state index contributed by atoms with van der Waals surface area (Å²) in [5, 5.41) is 14.1. The quantitative estimate of drug-likeness (QED) is 0.382. The van der Waals surface area contributed by atoms with Gasteiger partial charge in [-0.15, -0.1) is 0 Å². The topological polar surface area (TPSA) is 86.5 Å². The molecule has 146 valence electrons. The Morgan fingerprint density at radius 2 is 1.69 bits per heavy atom. The summed E-state index contributed by atoms with van der Waals surface area (Å²) in [6, 6.07) is 19.6. The first-order valence-electron chi connectivity index (χ1n) is 9.24. The van der Waals surface area contributed by atoms with Gasteiger partial charge in [0.2, 0.25) is 5.78 Å². The number of benzene rings is 3. The number of carbonyl (C=O) groups is 2. The minimum Gasteiger partial charge on any atom is -0.469 e. The van der Waals surface area contributed by atoms with Crippen molar-refractivity contribution in [3.63, 3.8) is 0 Å². The number of nitro groups is 1. The van der Waals surface area contributed by atoms with Crippen LogP contribution in [-0.4, -0.2) is 29.3 Å². The summed E-state index contributed by atoms with van der Waals surface area (Å²) in [7, 11) is 1.25. The van der Waals surface area contributed by atoms with E-state index in [9.17, 15) is 19.7 Å². The van der Waals surface area contributed by atoms with Gasteiger partial charge in [0, 0.05) is 17.4 Å². The molecule has 0 aliphatic heterocycles. The molecule has 1 aliphatic rings. The van der Waals surface area contributed by atoms with Crippen LogP contribution < -0.4 is 0 Å². The van der Waals surface area contributed by atoms with Gasteiger partial charge in [-0.1, -0.05) is 66.7 Å². The van der Waals surface area contributed by atoms with E-state index in [4.69, 9.17) is 4.74 Å². The van der Waals surface area contributed by atoms with E-state index in [2.05, 4.69) is 0 Å². The Bertz CT molecular complexity index is 1150. The molecule has 0 radical (unpaired) electrons. The van der Waals surface area contributed by atoms with Crippen LogP contribution in [0.5, 0.6) is 0 Å². The Kier molecular flexibility index (Phi) is 4.42. The number of ketones is 1. The van der Waals surface area contributed by atoms with Crippen LogP contribution in [0.3, 0.4) is 0 Å². The summed E-state index contributed by atoms with van der Waals surface area (Å²) in [5.74, 6) is -3.17. The number of fused-ring (bicyclic) bond motifs is 2. The number of carbonyl (C=O) groups excluding carboxylic acids is 2. The number of hydrogen-bond acceptors (Lipinski definition) is 5.